The van der Waals surface area contributed by atoms with Crippen LogP contribution in [-0.4, -0.2) is 53.5 Å². The summed E-state index contributed by atoms with van der Waals surface area (Å²) in [6, 6.07) is 23.1. The highest BCUT2D eigenvalue weighted by atomic mass is 32.2. The number of hydrogen-bond acceptors (Lipinski definition) is 5. The third-order valence-electron chi connectivity index (χ3n) is 7.14. The summed E-state index contributed by atoms with van der Waals surface area (Å²) >= 11 is 1.65. The molecule has 0 atom stereocenters. The number of nitrogens with one attached hydrogen (secondary N) is 2. The number of hydrogen-bond donors (Lipinski definition) is 2. The van der Waals surface area contributed by atoms with E-state index in [1.54, 1.807) is 11.8 Å². The number of piperazine rings is 1. The van der Waals surface area contributed by atoms with Gasteiger partial charge in [-0.2, -0.15) is 0 Å². The van der Waals surface area contributed by atoms with E-state index in [9.17, 15) is 4.79 Å². The molecule has 0 unspecified atom stereocenters. The Morgan fingerprint density at radius 1 is 0.921 bits per heavy atom. The molecule has 198 valence electrons. The zero-order chi connectivity index (χ0) is 26.6. The van der Waals surface area contributed by atoms with Crippen molar-refractivity contribution < 1.29 is 4.79 Å². The number of para-hydroxylation sites is 3. The van der Waals surface area contributed by atoms with E-state index in [1.807, 2.05) is 18.2 Å². The van der Waals surface area contributed by atoms with E-state index in [4.69, 9.17) is 4.98 Å². The molecule has 1 aliphatic heterocycles. The first-order chi connectivity index (χ1) is 18.4. The van der Waals surface area contributed by atoms with Gasteiger partial charge in [-0.15, -0.1) is 0 Å². The van der Waals surface area contributed by atoms with Crippen LogP contribution in [0, 0.1) is 0 Å². The molecule has 2 heterocycles. The number of carbonyl (C=O) groups excluding carboxylic acids is 1. The van der Waals surface area contributed by atoms with Gasteiger partial charge in [-0.25, -0.2) is 4.98 Å². The van der Waals surface area contributed by atoms with E-state index in [0.717, 1.165) is 53.0 Å². The average Bonchev–Trinajstić information content (AvgIpc) is 3.31. The van der Waals surface area contributed by atoms with Crippen LogP contribution in [0.25, 0.3) is 11.0 Å². The molecule has 1 saturated heterocycles. The Kier molecular flexibility index (Phi) is 8.05. The number of rotatable bonds is 8. The monoisotopic (exact) mass is 527 g/mol. The molecule has 0 saturated carbocycles. The summed E-state index contributed by atoms with van der Waals surface area (Å²) in [5.74, 6) is 0.777. The van der Waals surface area contributed by atoms with E-state index < -0.39 is 0 Å². The minimum absolute atomic E-state index is 0.0673. The third-order valence-corrected chi connectivity index (χ3v) is 8.02. The molecule has 38 heavy (non-hydrogen) atoms. The number of nitrogens with zero attached hydrogens (tertiary/aromatic N) is 3. The molecule has 0 bridgehead atoms. The van der Waals surface area contributed by atoms with Crippen LogP contribution >= 0.6 is 11.8 Å². The van der Waals surface area contributed by atoms with Crippen molar-refractivity contribution in [2.24, 2.45) is 0 Å². The van der Waals surface area contributed by atoms with Crippen LogP contribution in [0.3, 0.4) is 0 Å². The Labute approximate surface area is 229 Å². The summed E-state index contributed by atoms with van der Waals surface area (Å²) in [7, 11) is 0. The van der Waals surface area contributed by atoms with E-state index in [1.165, 1.54) is 16.8 Å². The van der Waals surface area contributed by atoms with Crippen molar-refractivity contribution in [1.29, 1.82) is 0 Å². The molecule has 1 aliphatic rings. The molecule has 3 aromatic carbocycles. The van der Waals surface area contributed by atoms with E-state index in [0.29, 0.717) is 18.4 Å². The normalized spacial score (nSPS) is 14.5. The fraction of sp³-hybridized carbons (Fsp3) is 0.355. The Balaban J connectivity index is 1.18. The van der Waals surface area contributed by atoms with Gasteiger partial charge in [0.05, 0.1) is 17.6 Å². The van der Waals surface area contributed by atoms with Gasteiger partial charge >= 0.3 is 0 Å². The van der Waals surface area contributed by atoms with Gasteiger partial charge in [0.1, 0.15) is 0 Å². The van der Waals surface area contributed by atoms with Gasteiger partial charge in [0, 0.05) is 42.4 Å². The van der Waals surface area contributed by atoms with Crippen LogP contribution < -0.4 is 10.2 Å². The topological polar surface area (TPSA) is 64.3 Å². The molecular weight excluding hydrogens is 490 g/mol. The quantitative estimate of drug-likeness (QED) is 0.266. The lowest BCUT2D eigenvalue weighted by Gasteiger charge is -2.36. The van der Waals surface area contributed by atoms with E-state index in [2.05, 4.69) is 96.3 Å². The van der Waals surface area contributed by atoms with Gasteiger partial charge in [0.15, 0.2) is 5.16 Å². The predicted molar refractivity (Wildman–Crippen MR) is 159 cm³/mol. The van der Waals surface area contributed by atoms with Crippen LogP contribution in [0.4, 0.5) is 11.4 Å². The summed E-state index contributed by atoms with van der Waals surface area (Å²) in [6.07, 6.45) is 0. The lowest BCUT2D eigenvalue weighted by molar-refractivity contribution is -0.117. The van der Waals surface area contributed by atoms with Gasteiger partial charge in [-0.05, 0) is 53.3 Å². The Morgan fingerprint density at radius 2 is 1.61 bits per heavy atom. The van der Waals surface area contributed by atoms with Crippen molar-refractivity contribution in [1.82, 2.24) is 14.9 Å². The number of imidazole rings is 1. The van der Waals surface area contributed by atoms with Crippen molar-refractivity contribution in [3.8, 4) is 0 Å². The summed E-state index contributed by atoms with van der Waals surface area (Å²) < 4.78 is 0. The number of aromatic nitrogens is 2. The van der Waals surface area contributed by atoms with Gasteiger partial charge in [-0.1, -0.05) is 75.9 Å². The fourth-order valence-electron chi connectivity index (χ4n) is 5.07. The number of amides is 1. The number of benzene rings is 3. The standard InChI is InChI=1S/C31H37N5OS/c1-21(2)25-11-8-12-26(22(3)4)30(25)34-29(37)20-35-15-17-36(18-16-35)23-9-7-10-24(19-23)38-31-32-27-13-5-6-14-28(27)33-31/h5-14,19,21-22H,15-18,20H2,1-4H3,(H,32,33)(H,34,37). The lowest BCUT2D eigenvalue weighted by atomic mass is 9.92. The molecule has 4 aromatic rings. The number of anilines is 2. The van der Waals surface area contributed by atoms with Crippen molar-refractivity contribution in [3.05, 3.63) is 77.9 Å². The predicted octanol–water partition coefficient (Wildman–Crippen LogP) is 6.72. The fourth-order valence-corrected chi connectivity index (χ4v) is 5.93. The van der Waals surface area contributed by atoms with Crippen molar-refractivity contribution >= 4 is 40.1 Å². The first-order valence-electron chi connectivity index (χ1n) is 13.5. The van der Waals surface area contributed by atoms with Gasteiger partial charge in [-0.3, -0.25) is 9.69 Å². The summed E-state index contributed by atoms with van der Waals surface area (Å²) in [5, 5.41) is 4.17. The third kappa shape index (κ3) is 6.05. The minimum atomic E-state index is 0.0673. The Bertz CT molecular complexity index is 1350. The Hall–Kier alpha value is -3.29. The number of aromatic amines is 1. The smallest absolute Gasteiger partial charge is 0.238 e. The maximum absolute atomic E-state index is 13.1. The average molecular weight is 528 g/mol. The van der Waals surface area contributed by atoms with Gasteiger partial charge < -0.3 is 15.2 Å². The SMILES string of the molecule is CC(C)c1cccc(C(C)C)c1NC(=O)CN1CCN(c2cccc(Sc3nc4ccccc4[nH]3)c2)CC1. The summed E-state index contributed by atoms with van der Waals surface area (Å²) in [5.41, 5.74) is 6.66. The van der Waals surface area contributed by atoms with Crippen LogP contribution in [0.2, 0.25) is 0 Å². The van der Waals surface area contributed by atoms with Crippen molar-refractivity contribution in [3.63, 3.8) is 0 Å². The first kappa shape index (κ1) is 26.3. The molecule has 1 aromatic heterocycles. The molecule has 1 amide bonds. The molecular formula is C31H37N5OS. The molecule has 0 aliphatic carbocycles. The highest BCUT2D eigenvalue weighted by molar-refractivity contribution is 7.99. The number of carbonyl (C=O) groups is 1. The zero-order valence-electron chi connectivity index (χ0n) is 22.7. The molecule has 6 nitrogen and oxygen atoms in total. The largest absolute Gasteiger partial charge is 0.369 e. The first-order valence-corrected chi connectivity index (χ1v) is 14.3. The minimum Gasteiger partial charge on any atom is -0.369 e. The van der Waals surface area contributed by atoms with E-state index >= 15 is 0 Å². The van der Waals surface area contributed by atoms with Crippen molar-refractivity contribution in [2.45, 2.75) is 49.6 Å². The maximum atomic E-state index is 13.1. The van der Waals surface area contributed by atoms with Crippen LogP contribution in [-0.2, 0) is 4.79 Å². The number of H-pyrrole nitrogens is 1. The number of fused-ring (bicyclic) bond motifs is 1. The molecule has 7 heteroatoms. The highest BCUT2D eigenvalue weighted by Gasteiger charge is 2.21. The molecule has 0 radical (unpaired) electrons. The van der Waals surface area contributed by atoms with Crippen LogP contribution in [0.1, 0.15) is 50.7 Å². The second-order valence-corrected chi connectivity index (χ2v) is 11.7. The molecule has 5 rings (SSSR count). The Morgan fingerprint density at radius 3 is 2.29 bits per heavy atom. The molecule has 0 spiro atoms. The van der Waals surface area contributed by atoms with E-state index in [-0.39, 0.29) is 5.91 Å². The summed E-state index contributed by atoms with van der Waals surface area (Å²) in [6.45, 7) is 12.6. The van der Waals surface area contributed by atoms with Crippen molar-refractivity contribution in [2.75, 3.05) is 42.9 Å². The zero-order valence-corrected chi connectivity index (χ0v) is 23.5. The van der Waals surface area contributed by atoms with Crippen LogP contribution in [0.5, 0.6) is 0 Å². The van der Waals surface area contributed by atoms with Gasteiger partial charge in [0.2, 0.25) is 5.91 Å². The molecule has 2 N–H and O–H groups in total. The summed E-state index contributed by atoms with van der Waals surface area (Å²) in [4.78, 5) is 27.0. The maximum Gasteiger partial charge on any atom is 0.238 e. The second-order valence-electron chi connectivity index (χ2n) is 10.6. The lowest BCUT2D eigenvalue weighted by Crippen LogP contribution is -2.48. The highest BCUT2D eigenvalue weighted by Crippen LogP contribution is 2.33. The van der Waals surface area contributed by atoms with Crippen LogP contribution in [0.15, 0.2) is 76.8 Å². The van der Waals surface area contributed by atoms with Gasteiger partial charge in [0.25, 0.3) is 0 Å². The second kappa shape index (κ2) is 11.6. The molecule has 1 fully saturated rings.